The molecule has 12 heavy (non-hydrogen) atoms. The lowest BCUT2D eigenvalue weighted by Gasteiger charge is -2.33. The van der Waals surface area contributed by atoms with Crippen LogP contribution in [0.3, 0.4) is 0 Å². The van der Waals surface area contributed by atoms with Crippen LogP contribution >= 0.6 is 11.6 Å². The SMILES string of the molecule is CC(C)C(F)(F)C(F)(Cl)C(C)C. The van der Waals surface area contributed by atoms with Gasteiger partial charge in [-0.1, -0.05) is 39.3 Å². The molecule has 0 amide bonds. The number of hydrogen-bond acceptors (Lipinski definition) is 0. The molecule has 0 aliphatic carbocycles. The third-order valence-electron chi connectivity index (χ3n) is 1.89. The average molecular weight is 203 g/mol. The smallest absolute Gasteiger partial charge is 0.219 e. The molecule has 0 aromatic rings. The van der Waals surface area contributed by atoms with Gasteiger partial charge in [0.05, 0.1) is 0 Å². The molecule has 0 saturated carbocycles. The van der Waals surface area contributed by atoms with Crippen LogP contribution in [-0.4, -0.2) is 11.1 Å². The number of halogens is 4. The molecular formula is C8H14ClF3. The highest BCUT2D eigenvalue weighted by Gasteiger charge is 2.57. The first kappa shape index (κ1) is 12.1. The molecule has 0 heterocycles. The van der Waals surface area contributed by atoms with Gasteiger partial charge in [0.1, 0.15) is 0 Å². The maximum atomic E-state index is 13.3. The van der Waals surface area contributed by atoms with E-state index in [2.05, 4.69) is 0 Å². The van der Waals surface area contributed by atoms with E-state index in [1.165, 1.54) is 27.7 Å². The van der Waals surface area contributed by atoms with Gasteiger partial charge in [-0.15, -0.1) is 0 Å². The van der Waals surface area contributed by atoms with Crippen molar-refractivity contribution in [3.63, 3.8) is 0 Å². The second-order valence-electron chi connectivity index (χ2n) is 3.56. The Morgan fingerprint density at radius 2 is 1.25 bits per heavy atom. The van der Waals surface area contributed by atoms with E-state index in [0.29, 0.717) is 0 Å². The molecule has 0 rings (SSSR count). The van der Waals surface area contributed by atoms with Crippen molar-refractivity contribution in [1.29, 1.82) is 0 Å². The van der Waals surface area contributed by atoms with Crippen LogP contribution < -0.4 is 0 Å². The van der Waals surface area contributed by atoms with Gasteiger partial charge in [0, 0.05) is 11.8 Å². The number of alkyl halides is 4. The lowest BCUT2D eigenvalue weighted by molar-refractivity contribution is -0.144. The zero-order valence-electron chi connectivity index (χ0n) is 7.67. The molecule has 0 fully saturated rings. The maximum absolute atomic E-state index is 13.3. The Hall–Kier alpha value is 0.0800. The summed E-state index contributed by atoms with van der Waals surface area (Å²) in [6.07, 6.45) is 0. The summed E-state index contributed by atoms with van der Waals surface area (Å²) in [5.74, 6) is -5.48. The van der Waals surface area contributed by atoms with E-state index in [4.69, 9.17) is 11.6 Å². The van der Waals surface area contributed by atoms with Gasteiger partial charge in [-0.25, -0.2) is 13.2 Å². The lowest BCUT2D eigenvalue weighted by atomic mass is 9.93. The third kappa shape index (κ3) is 1.87. The predicted molar refractivity (Wildman–Crippen MR) is 44.3 cm³/mol. The summed E-state index contributed by atoms with van der Waals surface area (Å²) >= 11 is 5.14. The predicted octanol–water partition coefficient (Wildman–Crippen LogP) is 3.84. The average Bonchev–Trinajstić information content (AvgIpc) is 1.86. The summed E-state index contributed by atoms with van der Waals surface area (Å²) in [4.78, 5) is 0. The standard InChI is InChI=1S/C8H14ClF3/c1-5(2)7(9,10)8(11,12)6(3)4/h5-6H,1-4H3. The van der Waals surface area contributed by atoms with Crippen molar-refractivity contribution >= 4 is 11.6 Å². The third-order valence-corrected chi connectivity index (χ3v) is 2.58. The Labute approximate surface area is 76.1 Å². The maximum Gasteiger partial charge on any atom is 0.297 e. The minimum atomic E-state index is -3.48. The molecule has 0 aliphatic heterocycles. The summed E-state index contributed by atoms with van der Waals surface area (Å²) < 4.78 is 39.4. The van der Waals surface area contributed by atoms with Crippen LogP contribution in [0, 0.1) is 11.8 Å². The van der Waals surface area contributed by atoms with Gasteiger partial charge < -0.3 is 0 Å². The first-order valence-electron chi connectivity index (χ1n) is 3.89. The van der Waals surface area contributed by atoms with E-state index in [9.17, 15) is 13.2 Å². The monoisotopic (exact) mass is 202 g/mol. The molecule has 0 aliphatic rings. The van der Waals surface area contributed by atoms with Gasteiger partial charge in [0.2, 0.25) is 5.13 Å². The van der Waals surface area contributed by atoms with Crippen molar-refractivity contribution in [2.75, 3.05) is 0 Å². The van der Waals surface area contributed by atoms with Crippen LogP contribution in [0.15, 0.2) is 0 Å². The van der Waals surface area contributed by atoms with Gasteiger partial charge in [-0.2, -0.15) is 0 Å². The van der Waals surface area contributed by atoms with Gasteiger partial charge in [-0.3, -0.25) is 0 Å². The largest absolute Gasteiger partial charge is 0.297 e. The molecule has 0 spiro atoms. The zero-order chi connectivity index (χ0) is 10.2. The van der Waals surface area contributed by atoms with E-state index in [1.807, 2.05) is 0 Å². The second-order valence-corrected chi connectivity index (χ2v) is 4.11. The summed E-state index contributed by atoms with van der Waals surface area (Å²) in [6.45, 7) is 5.17. The molecule has 1 unspecified atom stereocenters. The molecule has 0 N–H and O–H groups in total. The van der Waals surface area contributed by atoms with Crippen LogP contribution in [0.1, 0.15) is 27.7 Å². The highest BCUT2D eigenvalue weighted by atomic mass is 35.5. The fraction of sp³-hybridized carbons (Fsp3) is 1.00. The van der Waals surface area contributed by atoms with Crippen molar-refractivity contribution < 1.29 is 13.2 Å². The molecule has 0 nitrogen and oxygen atoms in total. The second kappa shape index (κ2) is 3.44. The fourth-order valence-electron chi connectivity index (χ4n) is 0.770. The van der Waals surface area contributed by atoms with E-state index in [0.717, 1.165) is 0 Å². The molecule has 0 saturated heterocycles. The molecule has 0 radical (unpaired) electrons. The van der Waals surface area contributed by atoms with Gasteiger partial charge >= 0.3 is 0 Å². The zero-order valence-corrected chi connectivity index (χ0v) is 8.42. The van der Waals surface area contributed by atoms with Crippen molar-refractivity contribution in [2.45, 2.75) is 38.7 Å². The van der Waals surface area contributed by atoms with Crippen molar-refractivity contribution in [1.82, 2.24) is 0 Å². The molecule has 0 aromatic carbocycles. The van der Waals surface area contributed by atoms with Gasteiger partial charge in [-0.05, 0) is 0 Å². The van der Waals surface area contributed by atoms with Gasteiger partial charge in [0.25, 0.3) is 5.92 Å². The minimum absolute atomic E-state index is 0.906. The molecule has 0 aromatic heterocycles. The highest BCUT2D eigenvalue weighted by molar-refractivity contribution is 6.23. The van der Waals surface area contributed by atoms with Crippen LogP contribution in [0.5, 0.6) is 0 Å². The number of rotatable bonds is 3. The van der Waals surface area contributed by atoms with Crippen LogP contribution in [0.2, 0.25) is 0 Å². The Bertz CT molecular complexity index is 134. The van der Waals surface area contributed by atoms with Crippen molar-refractivity contribution in [3.8, 4) is 0 Å². The topological polar surface area (TPSA) is 0 Å². The van der Waals surface area contributed by atoms with E-state index in [-0.39, 0.29) is 0 Å². The summed E-state index contributed by atoms with van der Waals surface area (Å²) in [5, 5.41) is -2.94. The molecule has 74 valence electrons. The Morgan fingerprint density at radius 3 is 1.33 bits per heavy atom. The number of hydrogen-bond donors (Lipinski definition) is 0. The van der Waals surface area contributed by atoms with E-state index >= 15 is 0 Å². The normalized spacial score (nSPS) is 18.5. The molecule has 4 heteroatoms. The highest BCUT2D eigenvalue weighted by Crippen LogP contribution is 2.46. The van der Waals surface area contributed by atoms with Crippen molar-refractivity contribution in [3.05, 3.63) is 0 Å². The lowest BCUT2D eigenvalue weighted by Crippen LogP contribution is -2.47. The first-order valence-corrected chi connectivity index (χ1v) is 4.27. The minimum Gasteiger partial charge on any atom is -0.219 e. The Balaban J connectivity index is 4.75. The Morgan fingerprint density at radius 1 is 0.917 bits per heavy atom. The van der Waals surface area contributed by atoms with E-state index in [1.54, 1.807) is 0 Å². The molecule has 1 atom stereocenters. The quantitative estimate of drug-likeness (QED) is 0.610. The van der Waals surface area contributed by atoms with Gasteiger partial charge in [0.15, 0.2) is 0 Å². The van der Waals surface area contributed by atoms with Crippen LogP contribution in [0.4, 0.5) is 13.2 Å². The summed E-state index contributed by atoms with van der Waals surface area (Å²) in [7, 11) is 0. The first-order chi connectivity index (χ1) is 5.14. The van der Waals surface area contributed by atoms with Crippen molar-refractivity contribution in [2.24, 2.45) is 11.8 Å². The summed E-state index contributed by atoms with van der Waals surface area (Å²) in [5.41, 5.74) is 0. The Kier molecular flexibility index (Phi) is 3.47. The molecule has 0 bridgehead atoms. The van der Waals surface area contributed by atoms with Crippen LogP contribution in [0.25, 0.3) is 0 Å². The fourth-order valence-corrected chi connectivity index (χ4v) is 0.988. The molecular weight excluding hydrogens is 189 g/mol. The van der Waals surface area contributed by atoms with Crippen LogP contribution in [-0.2, 0) is 0 Å². The summed E-state index contributed by atoms with van der Waals surface area (Å²) in [6, 6.07) is 0. The van der Waals surface area contributed by atoms with E-state index < -0.39 is 22.9 Å².